The monoisotopic (exact) mass is 372 g/mol. The van der Waals surface area contributed by atoms with Crippen LogP contribution in [0.15, 0.2) is 53.9 Å². The van der Waals surface area contributed by atoms with Gasteiger partial charge in [-0.15, -0.1) is 11.3 Å². The van der Waals surface area contributed by atoms with E-state index in [0.717, 1.165) is 34.7 Å². The smallest absolute Gasteiger partial charge is 0.134 e. The summed E-state index contributed by atoms with van der Waals surface area (Å²) in [4.78, 5) is 4.70. The van der Waals surface area contributed by atoms with Crippen molar-refractivity contribution in [3.63, 3.8) is 0 Å². The number of thiazole rings is 1. The Balaban J connectivity index is 1.80. The fourth-order valence-electron chi connectivity index (χ4n) is 2.91. The van der Waals surface area contributed by atoms with Crippen molar-refractivity contribution in [3.8, 4) is 17.3 Å². The number of allylic oxidation sites excluding steroid dienone is 1. The minimum Gasteiger partial charge on any atom is -0.235 e. The van der Waals surface area contributed by atoms with Gasteiger partial charge in [-0.3, -0.25) is 0 Å². The molecule has 3 heteroatoms. The molecule has 0 N–H and O–H groups in total. The molecule has 0 aliphatic rings. The molecule has 0 fully saturated rings. The summed E-state index contributed by atoms with van der Waals surface area (Å²) in [6.45, 7) is 4.35. The Labute approximate surface area is 165 Å². The van der Waals surface area contributed by atoms with Gasteiger partial charge in [-0.05, 0) is 42.0 Å². The SMILES string of the molecule is CCCCc1ccc(-c2csc(/C(C#N)=C\c3ccc(CC)cc3)n2)cc1. The molecule has 0 spiro atoms. The van der Waals surface area contributed by atoms with Crippen molar-refractivity contribution in [2.45, 2.75) is 39.5 Å². The Kier molecular flexibility index (Phi) is 6.57. The maximum Gasteiger partial charge on any atom is 0.134 e. The third-order valence-electron chi connectivity index (χ3n) is 4.62. The van der Waals surface area contributed by atoms with Gasteiger partial charge in [-0.25, -0.2) is 4.98 Å². The van der Waals surface area contributed by atoms with E-state index in [9.17, 15) is 5.26 Å². The second kappa shape index (κ2) is 9.30. The number of unbranched alkanes of at least 4 members (excludes halogenated alkanes) is 1. The summed E-state index contributed by atoms with van der Waals surface area (Å²) >= 11 is 1.52. The van der Waals surface area contributed by atoms with Gasteiger partial charge in [0.15, 0.2) is 0 Å². The molecule has 0 aliphatic carbocycles. The number of nitrogens with zero attached hydrogens (tertiary/aromatic N) is 2. The molecule has 1 aromatic heterocycles. The average Bonchev–Trinajstić information content (AvgIpc) is 3.21. The van der Waals surface area contributed by atoms with Crippen molar-refractivity contribution in [1.29, 1.82) is 5.26 Å². The number of hydrogen-bond donors (Lipinski definition) is 0. The lowest BCUT2D eigenvalue weighted by molar-refractivity contribution is 0.795. The summed E-state index contributed by atoms with van der Waals surface area (Å²) in [6.07, 6.45) is 6.48. The second-order valence-electron chi connectivity index (χ2n) is 6.60. The van der Waals surface area contributed by atoms with Crippen LogP contribution in [0.5, 0.6) is 0 Å². The van der Waals surface area contributed by atoms with Crippen molar-refractivity contribution >= 4 is 23.0 Å². The molecule has 0 saturated heterocycles. The molecule has 0 unspecified atom stereocenters. The lowest BCUT2D eigenvalue weighted by Crippen LogP contribution is -1.86. The van der Waals surface area contributed by atoms with Crippen LogP contribution in [0.25, 0.3) is 22.9 Å². The minimum absolute atomic E-state index is 0.607. The number of aromatic nitrogens is 1. The van der Waals surface area contributed by atoms with Crippen molar-refractivity contribution in [2.24, 2.45) is 0 Å². The lowest BCUT2D eigenvalue weighted by atomic mass is 10.1. The quantitative estimate of drug-likeness (QED) is 0.429. The van der Waals surface area contributed by atoms with Gasteiger partial charge in [0, 0.05) is 10.9 Å². The van der Waals surface area contributed by atoms with Gasteiger partial charge in [-0.1, -0.05) is 68.8 Å². The molecule has 3 rings (SSSR count). The standard InChI is InChI=1S/C24H24N2S/c1-3-5-6-19-11-13-21(14-12-19)23-17-27-24(26-23)22(16-25)15-20-9-7-18(4-2)8-10-20/h7-15,17H,3-6H2,1-2H3/b22-15-. The van der Waals surface area contributed by atoms with Gasteiger partial charge >= 0.3 is 0 Å². The third kappa shape index (κ3) is 4.93. The first-order valence-corrected chi connectivity index (χ1v) is 10.4. The highest BCUT2D eigenvalue weighted by Crippen LogP contribution is 2.27. The van der Waals surface area contributed by atoms with Crippen molar-refractivity contribution < 1.29 is 0 Å². The van der Waals surface area contributed by atoms with Crippen LogP contribution in [0.3, 0.4) is 0 Å². The summed E-state index contributed by atoms with van der Waals surface area (Å²) < 4.78 is 0. The fourth-order valence-corrected chi connectivity index (χ4v) is 3.71. The molecule has 2 nitrogen and oxygen atoms in total. The molecule has 0 aliphatic heterocycles. The molecule has 0 radical (unpaired) electrons. The number of aryl methyl sites for hydroxylation is 2. The molecular formula is C24H24N2S. The second-order valence-corrected chi connectivity index (χ2v) is 7.46. The van der Waals surface area contributed by atoms with Gasteiger partial charge < -0.3 is 0 Å². The van der Waals surface area contributed by atoms with Crippen LogP contribution in [-0.2, 0) is 12.8 Å². The zero-order valence-corrected chi connectivity index (χ0v) is 16.7. The fraction of sp³-hybridized carbons (Fsp3) is 0.250. The maximum atomic E-state index is 9.59. The van der Waals surface area contributed by atoms with E-state index in [0.29, 0.717) is 5.57 Å². The van der Waals surface area contributed by atoms with Crippen LogP contribution >= 0.6 is 11.3 Å². The Morgan fingerprint density at radius 3 is 2.37 bits per heavy atom. The van der Waals surface area contributed by atoms with E-state index in [4.69, 9.17) is 4.98 Å². The number of benzene rings is 2. The molecule has 0 amide bonds. The molecule has 1 heterocycles. The topological polar surface area (TPSA) is 36.7 Å². The van der Waals surface area contributed by atoms with E-state index in [1.165, 1.54) is 35.3 Å². The Morgan fingerprint density at radius 1 is 1.04 bits per heavy atom. The van der Waals surface area contributed by atoms with E-state index in [1.807, 2.05) is 11.5 Å². The van der Waals surface area contributed by atoms with Crippen molar-refractivity contribution in [3.05, 3.63) is 75.6 Å². The van der Waals surface area contributed by atoms with Gasteiger partial charge in [0.25, 0.3) is 0 Å². The average molecular weight is 373 g/mol. The Bertz CT molecular complexity index is 941. The summed E-state index contributed by atoms with van der Waals surface area (Å²) in [7, 11) is 0. The summed E-state index contributed by atoms with van der Waals surface area (Å²) in [5.74, 6) is 0. The van der Waals surface area contributed by atoms with Gasteiger partial charge in [0.1, 0.15) is 11.1 Å². The van der Waals surface area contributed by atoms with E-state index < -0.39 is 0 Å². The maximum absolute atomic E-state index is 9.59. The summed E-state index contributed by atoms with van der Waals surface area (Å²) in [5, 5.41) is 12.4. The molecule has 2 aromatic carbocycles. The molecule has 0 atom stereocenters. The van der Waals surface area contributed by atoms with Crippen LogP contribution in [0, 0.1) is 11.3 Å². The Morgan fingerprint density at radius 2 is 1.74 bits per heavy atom. The summed E-state index contributed by atoms with van der Waals surface area (Å²) in [5.41, 5.74) is 6.33. The number of rotatable bonds is 7. The van der Waals surface area contributed by atoms with Crippen LogP contribution in [0.4, 0.5) is 0 Å². The normalized spacial score (nSPS) is 11.4. The zero-order chi connectivity index (χ0) is 19.1. The highest BCUT2D eigenvalue weighted by molar-refractivity contribution is 7.11. The third-order valence-corrected chi connectivity index (χ3v) is 5.50. The highest BCUT2D eigenvalue weighted by atomic mass is 32.1. The van der Waals surface area contributed by atoms with Crippen LogP contribution in [-0.4, -0.2) is 4.98 Å². The van der Waals surface area contributed by atoms with E-state index in [1.54, 1.807) is 0 Å². The number of hydrogen-bond acceptors (Lipinski definition) is 3. The van der Waals surface area contributed by atoms with Gasteiger partial charge in [0.05, 0.1) is 11.3 Å². The largest absolute Gasteiger partial charge is 0.235 e. The van der Waals surface area contributed by atoms with Crippen LogP contribution in [0.2, 0.25) is 0 Å². The zero-order valence-electron chi connectivity index (χ0n) is 15.9. The molecule has 0 saturated carbocycles. The van der Waals surface area contributed by atoms with E-state index in [-0.39, 0.29) is 0 Å². The van der Waals surface area contributed by atoms with Crippen LogP contribution < -0.4 is 0 Å². The molecular weight excluding hydrogens is 348 g/mol. The summed E-state index contributed by atoms with van der Waals surface area (Å²) in [6, 6.07) is 19.2. The predicted octanol–water partition coefficient (Wildman–Crippen LogP) is 6.78. The molecule has 136 valence electrons. The van der Waals surface area contributed by atoms with Crippen molar-refractivity contribution in [2.75, 3.05) is 0 Å². The first-order valence-electron chi connectivity index (χ1n) is 9.49. The van der Waals surface area contributed by atoms with Crippen molar-refractivity contribution in [1.82, 2.24) is 4.98 Å². The molecule has 0 bridgehead atoms. The first kappa shape index (κ1) is 19.1. The minimum atomic E-state index is 0.607. The Hall–Kier alpha value is -2.70. The van der Waals surface area contributed by atoms with Gasteiger partial charge in [0.2, 0.25) is 0 Å². The first-order chi connectivity index (χ1) is 13.2. The molecule has 3 aromatic rings. The lowest BCUT2D eigenvalue weighted by Gasteiger charge is -2.01. The number of nitriles is 1. The highest BCUT2D eigenvalue weighted by Gasteiger charge is 2.09. The van der Waals surface area contributed by atoms with E-state index in [2.05, 4.69) is 68.4 Å². The van der Waals surface area contributed by atoms with Crippen LogP contribution in [0.1, 0.15) is 48.4 Å². The van der Waals surface area contributed by atoms with E-state index >= 15 is 0 Å². The molecule has 27 heavy (non-hydrogen) atoms. The van der Waals surface area contributed by atoms with Gasteiger partial charge in [-0.2, -0.15) is 5.26 Å². The predicted molar refractivity (Wildman–Crippen MR) is 115 cm³/mol.